The molecule has 3 nitrogen and oxygen atoms in total. The van der Waals surface area contributed by atoms with E-state index < -0.39 is 5.97 Å². The van der Waals surface area contributed by atoms with Crippen LogP contribution in [0.15, 0.2) is 42.5 Å². The molecule has 3 heteroatoms. The summed E-state index contributed by atoms with van der Waals surface area (Å²) in [6.07, 6.45) is 2.02. The van der Waals surface area contributed by atoms with Crippen LogP contribution in [0, 0.1) is 0 Å². The van der Waals surface area contributed by atoms with E-state index in [1.54, 1.807) is 0 Å². The molecule has 0 radical (unpaired) electrons. The molecule has 0 N–H and O–H groups in total. The van der Waals surface area contributed by atoms with E-state index in [9.17, 15) is 9.90 Å². The van der Waals surface area contributed by atoms with Gasteiger partial charge >= 0.3 is 0 Å². The van der Waals surface area contributed by atoms with Crippen molar-refractivity contribution in [3.63, 3.8) is 0 Å². The van der Waals surface area contributed by atoms with E-state index in [1.807, 2.05) is 30.3 Å². The summed E-state index contributed by atoms with van der Waals surface area (Å²) in [5.41, 5.74) is 0.153. The molecule has 0 aliphatic rings. The minimum Gasteiger partial charge on any atom is -0.545 e. The number of aliphatic carboxylic acids is 1. The van der Waals surface area contributed by atoms with Crippen molar-refractivity contribution >= 4 is 5.97 Å². The van der Waals surface area contributed by atoms with Crippen molar-refractivity contribution in [1.82, 2.24) is 0 Å². The zero-order valence-corrected chi connectivity index (χ0v) is 9.15. The monoisotopic (exact) mass is 219 g/mol. The first-order valence-electron chi connectivity index (χ1n) is 5.27. The Kier molecular flexibility index (Phi) is 5.12. The Morgan fingerprint density at radius 1 is 1.25 bits per heavy atom. The Balaban J connectivity index is 2.09. The van der Waals surface area contributed by atoms with E-state index >= 15 is 0 Å². The number of benzene rings is 1. The third-order valence-electron chi connectivity index (χ3n) is 2.17. The highest BCUT2D eigenvalue weighted by molar-refractivity contribution is 5.83. The number of carboxylic acid groups (broad SMARTS) is 1. The van der Waals surface area contributed by atoms with Gasteiger partial charge in [0.2, 0.25) is 0 Å². The predicted molar refractivity (Wildman–Crippen MR) is 59.9 cm³/mol. The average molecular weight is 219 g/mol. The van der Waals surface area contributed by atoms with E-state index in [0.717, 1.165) is 18.6 Å². The molecule has 0 bridgehead atoms. The van der Waals surface area contributed by atoms with Gasteiger partial charge in [-0.3, -0.25) is 0 Å². The molecule has 0 aromatic heterocycles. The van der Waals surface area contributed by atoms with Crippen molar-refractivity contribution in [2.75, 3.05) is 6.61 Å². The van der Waals surface area contributed by atoms with Crippen LogP contribution in [0.3, 0.4) is 0 Å². The van der Waals surface area contributed by atoms with Crippen LogP contribution in [-0.4, -0.2) is 12.6 Å². The summed E-state index contributed by atoms with van der Waals surface area (Å²) in [6, 6.07) is 9.53. The van der Waals surface area contributed by atoms with Crippen molar-refractivity contribution < 1.29 is 14.6 Å². The molecular weight excluding hydrogens is 204 g/mol. The minimum absolute atomic E-state index is 0.153. The third-order valence-corrected chi connectivity index (χ3v) is 2.17. The highest BCUT2D eigenvalue weighted by Crippen LogP contribution is 2.10. The number of hydrogen-bond acceptors (Lipinski definition) is 3. The number of unbranched alkanes of at least 4 members (excludes halogenated alkanes) is 1. The zero-order valence-electron chi connectivity index (χ0n) is 9.15. The molecule has 0 aliphatic carbocycles. The maximum absolute atomic E-state index is 10.3. The molecule has 0 amide bonds. The summed E-state index contributed by atoms with van der Waals surface area (Å²) < 4.78 is 5.46. The van der Waals surface area contributed by atoms with Crippen molar-refractivity contribution in [3.05, 3.63) is 42.5 Å². The van der Waals surface area contributed by atoms with Crippen LogP contribution in [0.5, 0.6) is 5.75 Å². The van der Waals surface area contributed by atoms with E-state index in [1.165, 1.54) is 0 Å². The number of rotatable bonds is 7. The molecule has 0 saturated carbocycles. The van der Waals surface area contributed by atoms with Gasteiger partial charge in [0.1, 0.15) is 5.75 Å². The van der Waals surface area contributed by atoms with Crippen LogP contribution in [0.4, 0.5) is 0 Å². The maximum atomic E-state index is 10.3. The van der Waals surface area contributed by atoms with Gasteiger partial charge in [-0.25, -0.2) is 0 Å². The fourth-order valence-electron chi connectivity index (χ4n) is 1.25. The predicted octanol–water partition coefficient (Wildman–Crippen LogP) is 1.54. The van der Waals surface area contributed by atoms with E-state index in [0.29, 0.717) is 13.0 Å². The van der Waals surface area contributed by atoms with Crippen LogP contribution in [0.1, 0.15) is 19.3 Å². The molecule has 86 valence electrons. The maximum Gasteiger partial charge on any atom is 0.119 e. The van der Waals surface area contributed by atoms with Gasteiger partial charge in [0, 0.05) is 0 Å². The molecule has 0 atom stereocenters. The molecule has 0 fully saturated rings. The number of carbonyl (C=O) groups excluding carboxylic acids is 1. The number of hydrogen-bond donors (Lipinski definition) is 0. The number of ether oxygens (including phenoxy) is 1. The second-order valence-corrected chi connectivity index (χ2v) is 3.51. The van der Waals surface area contributed by atoms with Crippen molar-refractivity contribution in [1.29, 1.82) is 0 Å². The fraction of sp³-hybridized carbons (Fsp3) is 0.308. The lowest BCUT2D eigenvalue weighted by atomic mass is 10.1. The number of carbonyl (C=O) groups is 1. The molecule has 1 aromatic rings. The largest absolute Gasteiger partial charge is 0.545 e. The van der Waals surface area contributed by atoms with Crippen LogP contribution >= 0.6 is 0 Å². The lowest BCUT2D eigenvalue weighted by Crippen LogP contribution is -2.23. The highest BCUT2D eigenvalue weighted by Gasteiger charge is 1.96. The van der Waals surface area contributed by atoms with Crippen molar-refractivity contribution in [2.45, 2.75) is 19.3 Å². The summed E-state index contributed by atoms with van der Waals surface area (Å²) in [5.74, 6) is -0.329. The van der Waals surface area contributed by atoms with Gasteiger partial charge in [-0.15, -0.1) is 0 Å². The molecule has 16 heavy (non-hydrogen) atoms. The Labute approximate surface area is 95.4 Å². The molecule has 0 unspecified atom stereocenters. The summed E-state index contributed by atoms with van der Waals surface area (Å²) >= 11 is 0. The van der Waals surface area contributed by atoms with Crippen LogP contribution in [0.2, 0.25) is 0 Å². The SMILES string of the molecule is C=C(CCCCOc1ccccc1)C(=O)[O-]. The first-order chi connectivity index (χ1) is 7.70. The van der Waals surface area contributed by atoms with Gasteiger partial charge in [0.25, 0.3) is 0 Å². The summed E-state index contributed by atoms with van der Waals surface area (Å²) in [7, 11) is 0. The Morgan fingerprint density at radius 3 is 2.56 bits per heavy atom. The van der Waals surface area contributed by atoms with Crippen LogP contribution < -0.4 is 9.84 Å². The second-order valence-electron chi connectivity index (χ2n) is 3.51. The topological polar surface area (TPSA) is 49.4 Å². The standard InChI is InChI=1S/C13H16O3/c1-11(13(14)15)7-5-6-10-16-12-8-3-2-4-9-12/h2-4,8-9H,1,5-7,10H2,(H,14,15)/p-1. The zero-order chi connectivity index (χ0) is 11.8. The molecule has 0 heterocycles. The van der Waals surface area contributed by atoms with Gasteiger partial charge in [-0.05, 0) is 37.0 Å². The minimum atomic E-state index is -1.16. The van der Waals surface area contributed by atoms with E-state index in [-0.39, 0.29) is 5.57 Å². The first kappa shape index (κ1) is 12.3. The summed E-state index contributed by atoms with van der Waals surface area (Å²) in [4.78, 5) is 10.3. The normalized spacial score (nSPS) is 9.75. The molecule has 1 aromatic carbocycles. The smallest absolute Gasteiger partial charge is 0.119 e. The van der Waals surface area contributed by atoms with E-state index in [4.69, 9.17) is 4.74 Å². The Hall–Kier alpha value is -1.77. The molecule has 1 rings (SSSR count). The average Bonchev–Trinajstić information content (AvgIpc) is 2.29. The first-order valence-corrected chi connectivity index (χ1v) is 5.27. The van der Waals surface area contributed by atoms with Gasteiger partial charge in [-0.1, -0.05) is 24.8 Å². The Morgan fingerprint density at radius 2 is 1.94 bits per heavy atom. The summed E-state index contributed by atoms with van der Waals surface area (Å²) in [6.45, 7) is 3.99. The molecule has 0 aliphatic heterocycles. The lowest BCUT2D eigenvalue weighted by Gasteiger charge is -2.07. The molecule has 0 spiro atoms. The molecule has 0 saturated heterocycles. The molecular formula is C13H15O3-. The fourth-order valence-corrected chi connectivity index (χ4v) is 1.25. The van der Waals surface area contributed by atoms with Gasteiger partial charge < -0.3 is 14.6 Å². The quantitative estimate of drug-likeness (QED) is 0.516. The van der Waals surface area contributed by atoms with Gasteiger partial charge in [-0.2, -0.15) is 0 Å². The van der Waals surface area contributed by atoms with Crippen molar-refractivity contribution in [2.24, 2.45) is 0 Å². The number of carboxylic acids is 1. The van der Waals surface area contributed by atoms with Gasteiger partial charge in [0.15, 0.2) is 0 Å². The highest BCUT2D eigenvalue weighted by atomic mass is 16.5. The third kappa shape index (κ3) is 4.64. The lowest BCUT2D eigenvalue weighted by molar-refractivity contribution is -0.299. The van der Waals surface area contributed by atoms with Crippen LogP contribution in [0.25, 0.3) is 0 Å². The van der Waals surface area contributed by atoms with E-state index in [2.05, 4.69) is 6.58 Å². The van der Waals surface area contributed by atoms with Crippen molar-refractivity contribution in [3.8, 4) is 5.75 Å². The number of para-hydroxylation sites is 1. The Bertz CT molecular complexity index is 343. The van der Waals surface area contributed by atoms with Gasteiger partial charge in [0.05, 0.1) is 12.6 Å². The van der Waals surface area contributed by atoms with Crippen LogP contribution in [-0.2, 0) is 4.79 Å². The second kappa shape index (κ2) is 6.67. The summed E-state index contributed by atoms with van der Waals surface area (Å²) in [5, 5.41) is 10.3.